The molecule has 1 aromatic rings. The molecule has 0 unspecified atom stereocenters. The van der Waals surface area contributed by atoms with Gasteiger partial charge in [0.25, 0.3) is 0 Å². The Labute approximate surface area is 87.7 Å². The first kappa shape index (κ1) is 11.2. The van der Waals surface area contributed by atoms with E-state index in [0.29, 0.717) is 18.1 Å². The summed E-state index contributed by atoms with van der Waals surface area (Å²) < 4.78 is 10.7. The van der Waals surface area contributed by atoms with Crippen molar-refractivity contribution in [1.82, 2.24) is 0 Å². The molecule has 0 atom stereocenters. The van der Waals surface area contributed by atoms with Crippen molar-refractivity contribution in [3.05, 3.63) is 16.3 Å². The largest absolute Gasteiger partial charge is 0.490 e. The molecule has 0 aliphatic rings. The highest BCUT2D eigenvalue weighted by Gasteiger charge is 1.99. The van der Waals surface area contributed by atoms with Crippen molar-refractivity contribution in [2.75, 3.05) is 13.2 Å². The van der Waals surface area contributed by atoms with Gasteiger partial charge in [0.1, 0.15) is 12.4 Å². The molecule has 0 spiro atoms. The summed E-state index contributed by atoms with van der Waals surface area (Å²) in [5.41, 5.74) is 0. The van der Waals surface area contributed by atoms with Gasteiger partial charge in [-0.2, -0.15) is 0 Å². The summed E-state index contributed by atoms with van der Waals surface area (Å²) in [6, 6.07) is 1.73. The minimum absolute atomic E-state index is 0.228. The van der Waals surface area contributed by atoms with Gasteiger partial charge in [-0.3, -0.25) is 4.79 Å². The molecule has 1 aromatic heterocycles. The van der Waals surface area contributed by atoms with Crippen LogP contribution in [-0.2, 0) is 4.74 Å². The predicted octanol–water partition coefficient (Wildman–Crippen LogP) is 2.36. The summed E-state index contributed by atoms with van der Waals surface area (Å²) in [7, 11) is 0. The van der Waals surface area contributed by atoms with Gasteiger partial charge in [0, 0.05) is 11.4 Å². The number of hydrogen-bond donors (Lipinski definition) is 0. The lowest BCUT2D eigenvalue weighted by molar-refractivity contribution is 0.0553. The monoisotopic (exact) mass is 214 g/mol. The lowest BCUT2D eigenvalue weighted by Crippen LogP contribution is -2.10. The maximum atomic E-state index is 10.4. The molecule has 14 heavy (non-hydrogen) atoms. The number of carbonyl (C=O) groups excluding carboxylic acids is 1. The van der Waals surface area contributed by atoms with Crippen LogP contribution in [0.2, 0.25) is 0 Å². The summed E-state index contributed by atoms with van der Waals surface area (Å²) in [4.78, 5) is 11.1. The molecule has 4 heteroatoms. The highest BCUT2D eigenvalue weighted by atomic mass is 32.1. The molecule has 1 heterocycles. The van der Waals surface area contributed by atoms with Gasteiger partial charge in [-0.1, -0.05) is 0 Å². The van der Waals surface area contributed by atoms with Crippen molar-refractivity contribution in [1.29, 1.82) is 0 Å². The Morgan fingerprint density at radius 3 is 2.86 bits per heavy atom. The first-order valence-corrected chi connectivity index (χ1v) is 5.38. The molecule has 0 radical (unpaired) electrons. The zero-order chi connectivity index (χ0) is 10.4. The fraction of sp³-hybridized carbons (Fsp3) is 0.500. The second-order valence-corrected chi connectivity index (χ2v) is 4.01. The van der Waals surface area contributed by atoms with E-state index in [-0.39, 0.29) is 6.10 Å². The van der Waals surface area contributed by atoms with Crippen molar-refractivity contribution >= 4 is 17.6 Å². The van der Waals surface area contributed by atoms with Crippen molar-refractivity contribution in [3.8, 4) is 5.75 Å². The molecule has 3 nitrogen and oxygen atoms in total. The van der Waals surface area contributed by atoms with Crippen LogP contribution in [0.4, 0.5) is 0 Å². The van der Waals surface area contributed by atoms with Crippen molar-refractivity contribution in [3.63, 3.8) is 0 Å². The Hall–Kier alpha value is -0.870. The lowest BCUT2D eigenvalue weighted by Gasteiger charge is -2.07. The third-order valence-electron chi connectivity index (χ3n) is 1.52. The molecule has 0 N–H and O–H groups in total. The number of thiophene rings is 1. The van der Waals surface area contributed by atoms with Crippen LogP contribution in [0.15, 0.2) is 11.4 Å². The minimum atomic E-state index is 0.228. The van der Waals surface area contributed by atoms with E-state index >= 15 is 0 Å². The maximum absolute atomic E-state index is 10.4. The van der Waals surface area contributed by atoms with Gasteiger partial charge >= 0.3 is 0 Å². The summed E-state index contributed by atoms with van der Waals surface area (Å²) in [6.45, 7) is 5.06. The van der Waals surface area contributed by atoms with Crippen LogP contribution in [0.25, 0.3) is 0 Å². The van der Waals surface area contributed by atoms with E-state index in [2.05, 4.69) is 0 Å². The number of rotatable bonds is 6. The normalized spacial score (nSPS) is 10.5. The van der Waals surface area contributed by atoms with Crippen LogP contribution in [0, 0.1) is 0 Å². The smallest absolute Gasteiger partial charge is 0.160 e. The van der Waals surface area contributed by atoms with Crippen LogP contribution in [0.3, 0.4) is 0 Å². The van der Waals surface area contributed by atoms with Crippen LogP contribution in [0.5, 0.6) is 5.75 Å². The van der Waals surface area contributed by atoms with Gasteiger partial charge in [-0.05, 0) is 13.8 Å². The summed E-state index contributed by atoms with van der Waals surface area (Å²) in [5.74, 6) is 0.740. The second kappa shape index (κ2) is 5.78. The molecule has 0 aliphatic heterocycles. The Balaban J connectivity index is 2.21. The number of ether oxygens (including phenoxy) is 2. The standard InChI is InChI=1S/C10H14O3S/c1-8(2)12-3-4-13-9-5-10(6-11)14-7-9/h5-8H,3-4H2,1-2H3. The molecule has 1 rings (SSSR count). The van der Waals surface area contributed by atoms with E-state index in [1.54, 1.807) is 6.07 Å². The van der Waals surface area contributed by atoms with E-state index in [0.717, 1.165) is 12.0 Å². The molecular formula is C10H14O3S. The number of aldehydes is 1. The Kier molecular flexibility index (Phi) is 4.62. The fourth-order valence-corrected chi connectivity index (χ4v) is 1.54. The highest BCUT2D eigenvalue weighted by Crippen LogP contribution is 2.19. The van der Waals surface area contributed by atoms with Crippen LogP contribution in [-0.4, -0.2) is 25.6 Å². The molecular weight excluding hydrogens is 200 g/mol. The van der Waals surface area contributed by atoms with Crippen molar-refractivity contribution in [2.45, 2.75) is 20.0 Å². The van der Waals surface area contributed by atoms with E-state index in [1.807, 2.05) is 19.2 Å². The number of hydrogen-bond acceptors (Lipinski definition) is 4. The molecule has 0 fully saturated rings. The lowest BCUT2D eigenvalue weighted by atomic mass is 10.5. The molecule has 78 valence electrons. The Bertz CT molecular complexity index is 281. The molecule has 0 amide bonds. The fourth-order valence-electron chi connectivity index (χ4n) is 0.915. The quantitative estimate of drug-likeness (QED) is 0.538. The van der Waals surface area contributed by atoms with E-state index < -0.39 is 0 Å². The zero-order valence-electron chi connectivity index (χ0n) is 8.36. The highest BCUT2D eigenvalue weighted by molar-refractivity contribution is 7.11. The molecule has 0 bridgehead atoms. The third-order valence-corrected chi connectivity index (χ3v) is 2.35. The van der Waals surface area contributed by atoms with Gasteiger partial charge in [0.05, 0.1) is 17.6 Å². The van der Waals surface area contributed by atoms with Crippen LogP contribution >= 0.6 is 11.3 Å². The summed E-state index contributed by atoms with van der Waals surface area (Å²) in [6.07, 6.45) is 1.05. The molecule has 0 saturated carbocycles. The summed E-state index contributed by atoms with van der Waals surface area (Å²) in [5, 5.41) is 1.82. The van der Waals surface area contributed by atoms with E-state index in [9.17, 15) is 4.79 Å². The van der Waals surface area contributed by atoms with Crippen LogP contribution in [0.1, 0.15) is 23.5 Å². The topological polar surface area (TPSA) is 35.5 Å². The van der Waals surface area contributed by atoms with Crippen molar-refractivity contribution in [2.24, 2.45) is 0 Å². The van der Waals surface area contributed by atoms with Gasteiger partial charge in [0.2, 0.25) is 0 Å². The minimum Gasteiger partial charge on any atom is -0.490 e. The SMILES string of the molecule is CC(C)OCCOc1csc(C=O)c1. The predicted molar refractivity (Wildman–Crippen MR) is 56.3 cm³/mol. The third kappa shape index (κ3) is 3.89. The maximum Gasteiger partial charge on any atom is 0.160 e. The second-order valence-electron chi connectivity index (χ2n) is 3.07. The van der Waals surface area contributed by atoms with Crippen LogP contribution < -0.4 is 4.74 Å². The summed E-state index contributed by atoms with van der Waals surface area (Å²) >= 11 is 1.38. The number of carbonyl (C=O) groups is 1. The molecule has 0 saturated heterocycles. The first-order chi connectivity index (χ1) is 6.72. The average molecular weight is 214 g/mol. The zero-order valence-corrected chi connectivity index (χ0v) is 9.17. The van der Waals surface area contributed by atoms with Gasteiger partial charge in [-0.15, -0.1) is 11.3 Å². The van der Waals surface area contributed by atoms with E-state index in [4.69, 9.17) is 9.47 Å². The Morgan fingerprint density at radius 2 is 2.29 bits per heavy atom. The van der Waals surface area contributed by atoms with E-state index in [1.165, 1.54) is 11.3 Å². The Morgan fingerprint density at radius 1 is 1.50 bits per heavy atom. The molecule has 0 aromatic carbocycles. The van der Waals surface area contributed by atoms with Gasteiger partial charge < -0.3 is 9.47 Å². The van der Waals surface area contributed by atoms with Crippen molar-refractivity contribution < 1.29 is 14.3 Å². The first-order valence-electron chi connectivity index (χ1n) is 4.50. The van der Waals surface area contributed by atoms with Gasteiger partial charge in [0.15, 0.2) is 6.29 Å². The average Bonchev–Trinajstić information content (AvgIpc) is 2.60. The van der Waals surface area contributed by atoms with Gasteiger partial charge in [-0.25, -0.2) is 0 Å². The molecule has 0 aliphatic carbocycles.